The van der Waals surface area contributed by atoms with E-state index in [1.165, 1.54) is 12.1 Å². The molecule has 1 atom stereocenters. The van der Waals surface area contributed by atoms with Gasteiger partial charge in [0.2, 0.25) is 0 Å². The van der Waals surface area contributed by atoms with Gasteiger partial charge in [-0.1, -0.05) is 6.92 Å². The Bertz CT molecular complexity index is 1150. The number of hydrogen-bond donors (Lipinski definition) is 0. The minimum Gasteiger partial charge on any atom is -0.338 e. The molecule has 5 nitrogen and oxygen atoms in total. The van der Waals surface area contributed by atoms with E-state index in [2.05, 4.69) is 16.0 Å². The van der Waals surface area contributed by atoms with Crippen LogP contribution in [0.5, 0.6) is 0 Å². The van der Waals surface area contributed by atoms with Gasteiger partial charge in [0.1, 0.15) is 11.6 Å². The molecule has 4 rings (SSSR count). The van der Waals surface area contributed by atoms with E-state index in [1.54, 1.807) is 47.8 Å². The lowest BCUT2D eigenvalue weighted by molar-refractivity contribution is 0.0623. The second kappa shape index (κ2) is 8.83. The van der Waals surface area contributed by atoms with Crippen molar-refractivity contribution < 1.29 is 13.6 Å². The van der Waals surface area contributed by atoms with Crippen molar-refractivity contribution in [3.05, 3.63) is 83.8 Å². The number of nitrogens with zero attached hydrogens (tertiary/aromatic N) is 4. The summed E-state index contributed by atoms with van der Waals surface area (Å²) in [6.45, 7) is 2.57. The average Bonchev–Trinajstić information content (AvgIpc) is 2.83. The fourth-order valence-corrected chi connectivity index (χ4v) is 4.38. The molecule has 0 radical (unpaired) electrons. The number of rotatable bonds is 4. The molecule has 3 heterocycles. The van der Waals surface area contributed by atoms with Gasteiger partial charge in [0.05, 0.1) is 22.7 Å². The van der Waals surface area contributed by atoms with Crippen molar-refractivity contribution >= 4 is 5.91 Å². The monoisotopic (exact) mass is 432 g/mol. The van der Waals surface area contributed by atoms with Gasteiger partial charge < -0.3 is 4.90 Å². The van der Waals surface area contributed by atoms with Crippen molar-refractivity contribution in [1.82, 2.24) is 14.9 Å². The topological polar surface area (TPSA) is 69.9 Å². The van der Waals surface area contributed by atoms with E-state index in [1.807, 2.05) is 6.92 Å². The molecule has 3 aromatic rings. The zero-order valence-electron chi connectivity index (χ0n) is 17.6. The van der Waals surface area contributed by atoms with E-state index >= 15 is 0 Å². The van der Waals surface area contributed by atoms with Crippen LogP contribution in [-0.2, 0) is 0 Å². The fraction of sp³-hybridized carbons (Fsp3) is 0.280. The zero-order chi connectivity index (χ0) is 22.7. The van der Waals surface area contributed by atoms with Crippen LogP contribution >= 0.6 is 0 Å². The Hall–Kier alpha value is -3.66. The summed E-state index contributed by atoms with van der Waals surface area (Å²) in [5.74, 6) is -1.85. The Labute approximate surface area is 185 Å². The van der Waals surface area contributed by atoms with Crippen LogP contribution in [0.4, 0.5) is 8.78 Å². The third-order valence-electron chi connectivity index (χ3n) is 6.37. The number of carbonyl (C=O) groups is 1. The quantitative estimate of drug-likeness (QED) is 0.584. The highest BCUT2D eigenvalue weighted by atomic mass is 19.1. The lowest BCUT2D eigenvalue weighted by atomic mass is 9.68. The van der Waals surface area contributed by atoms with Crippen molar-refractivity contribution in [2.75, 3.05) is 13.1 Å². The van der Waals surface area contributed by atoms with Gasteiger partial charge in [-0.25, -0.2) is 8.78 Å². The second-order valence-electron chi connectivity index (χ2n) is 8.12. The lowest BCUT2D eigenvalue weighted by Crippen LogP contribution is -2.44. The van der Waals surface area contributed by atoms with Crippen LogP contribution < -0.4 is 0 Å². The van der Waals surface area contributed by atoms with Gasteiger partial charge in [-0.2, -0.15) is 5.26 Å². The first kappa shape index (κ1) is 21.6. The molecule has 0 unspecified atom stereocenters. The number of amides is 1. The first-order valence-corrected chi connectivity index (χ1v) is 10.5. The molecule has 1 amide bonds. The highest BCUT2D eigenvalue weighted by Crippen LogP contribution is 2.44. The maximum atomic E-state index is 13.7. The van der Waals surface area contributed by atoms with E-state index in [0.717, 1.165) is 11.6 Å². The van der Waals surface area contributed by atoms with Crippen molar-refractivity contribution in [1.29, 1.82) is 5.26 Å². The summed E-state index contributed by atoms with van der Waals surface area (Å²) in [5.41, 5.74) is 1.52. The average molecular weight is 432 g/mol. The number of likely N-dealkylation sites (tertiary alicyclic amines) is 1. The molecule has 0 saturated carbocycles. The third kappa shape index (κ3) is 4.09. The Morgan fingerprint density at radius 2 is 1.75 bits per heavy atom. The number of piperidine rings is 1. The molecule has 1 saturated heterocycles. The molecule has 0 N–H and O–H groups in total. The summed E-state index contributed by atoms with van der Waals surface area (Å²) in [6.07, 6.45) is 5.77. The molecule has 2 aromatic heterocycles. The fourth-order valence-electron chi connectivity index (χ4n) is 4.38. The smallest absolute Gasteiger partial charge is 0.256 e. The summed E-state index contributed by atoms with van der Waals surface area (Å²) in [5, 5.41) is 9.99. The second-order valence-corrected chi connectivity index (χ2v) is 8.12. The third-order valence-corrected chi connectivity index (χ3v) is 6.37. The standard InChI is InChI=1S/C25H22F2N4O/c1-17(19-13-20(26)15-21(27)14-19)25(16-28)6-11-31(12-7-25)24(32)22-3-2-8-30-23(22)18-4-9-29-10-5-18/h2-5,8-10,13-15,17H,6-7,11-12H2,1H3/t17-/m0/s1. The number of halogens is 2. The predicted molar refractivity (Wildman–Crippen MR) is 115 cm³/mol. The summed E-state index contributed by atoms with van der Waals surface area (Å²) in [7, 11) is 0. The Kier molecular flexibility index (Phi) is 5.95. The summed E-state index contributed by atoms with van der Waals surface area (Å²) in [4.78, 5) is 23.4. The molecular formula is C25H22F2N4O. The van der Waals surface area contributed by atoms with Crippen LogP contribution in [0.2, 0.25) is 0 Å². The summed E-state index contributed by atoms with van der Waals surface area (Å²) >= 11 is 0. The van der Waals surface area contributed by atoms with Crippen molar-refractivity contribution in [3.8, 4) is 17.3 Å². The van der Waals surface area contributed by atoms with Gasteiger partial charge in [-0.15, -0.1) is 0 Å². The molecule has 1 aromatic carbocycles. The minimum atomic E-state index is -0.806. The molecule has 1 fully saturated rings. The molecule has 0 spiro atoms. The highest BCUT2D eigenvalue weighted by Gasteiger charge is 2.42. The number of aromatic nitrogens is 2. The molecule has 1 aliphatic heterocycles. The lowest BCUT2D eigenvalue weighted by Gasteiger charge is -2.41. The number of carbonyl (C=O) groups excluding carboxylic acids is 1. The first-order valence-electron chi connectivity index (χ1n) is 10.5. The van der Waals surface area contributed by atoms with E-state index in [9.17, 15) is 18.8 Å². The molecule has 32 heavy (non-hydrogen) atoms. The van der Waals surface area contributed by atoms with Gasteiger partial charge >= 0.3 is 0 Å². The van der Waals surface area contributed by atoms with E-state index < -0.39 is 17.0 Å². The van der Waals surface area contributed by atoms with E-state index in [-0.39, 0.29) is 11.8 Å². The molecule has 1 aliphatic rings. The number of nitriles is 1. The number of pyridine rings is 2. The van der Waals surface area contributed by atoms with Crippen molar-refractivity contribution in [2.24, 2.45) is 5.41 Å². The number of benzene rings is 1. The Balaban J connectivity index is 1.55. The van der Waals surface area contributed by atoms with Crippen LogP contribution in [0.3, 0.4) is 0 Å². The van der Waals surface area contributed by atoms with Crippen LogP contribution in [0, 0.1) is 28.4 Å². The maximum absolute atomic E-state index is 13.7. The van der Waals surface area contributed by atoms with Gasteiger partial charge in [0.25, 0.3) is 5.91 Å². The first-order chi connectivity index (χ1) is 15.4. The predicted octanol–water partition coefficient (Wildman–Crippen LogP) is 4.97. The Morgan fingerprint density at radius 3 is 2.38 bits per heavy atom. The van der Waals surface area contributed by atoms with Crippen molar-refractivity contribution in [2.45, 2.75) is 25.7 Å². The van der Waals surface area contributed by atoms with Crippen LogP contribution in [0.15, 0.2) is 61.1 Å². The molecule has 0 bridgehead atoms. The van der Waals surface area contributed by atoms with Crippen LogP contribution in [-0.4, -0.2) is 33.9 Å². The maximum Gasteiger partial charge on any atom is 0.256 e. The molecule has 0 aliphatic carbocycles. The highest BCUT2D eigenvalue weighted by molar-refractivity contribution is 5.99. The number of hydrogen-bond acceptors (Lipinski definition) is 4. The molecular weight excluding hydrogens is 410 g/mol. The Morgan fingerprint density at radius 1 is 1.09 bits per heavy atom. The van der Waals surface area contributed by atoms with Crippen LogP contribution in [0.25, 0.3) is 11.3 Å². The largest absolute Gasteiger partial charge is 0.338 e. The van der Waals surface area contributed by atoms with E-state index in [4.69, 9.17) is 0 Å². The van der Waals surface area contributed by atoms with Gasteiger partial charge in [0.15, 0.2) is 0 Å². The minimum absolute atomic E-state index is 0.152. The zero-order valence-corrected chi connectivity index (χ0v) is 17.6. The summed E-state index contributed by atoms with van der Waals surface area (Å²) in [6, 6.07) is 12.8. The SMILES string of the molecule is C[C@@H](c1cc(F)cc(F)c1)C1(C#N)CCN(C(=O)c2cccnc2-c2ccncc2)CC1. The van der Waals surface area contributed by atoms with Crippen molar-refractivity contribution in [3.63, 3.8) is 0 Å². The van der Waals surface area contributed by atoms with E-state index in [0.29, 0.717) is 42.8 Å². The van der Waals surface area contributed by atoms with Crippen LogP contribution in [0.1, 0.15) is 41.6 Å². The summed E-state index contributed by atoms with van der Waals surface area (Å²) < 4.78 is 27.5. The van der Waals surface area contributed by atoms with Gasteiger partial charge in [0, 0.05) is 49.2 Å². The molecule has 162 valence electrons. The normalized spacial score (nSPS) is 16.2. The van der Waals surface area contributed by atoms with Gasteiger partial charge in [-0.3, -0.25) is 14.8 Å². The van der Waals surface area contributed by atoms with Gasteiger partial charge in [-0.05, 0) is 54.8 Å². The molecule has 7 heteroatoms.